The van der Waals surface area contributed by atoms with E-state index in [-0.39, 0.29) is 42.4 Å². The van der Waals surface area contributed by atoms with E-state index in [9.17, 15) is 14.7 Å². The smallest absolute Gasteiger partial charge is 0.550 e. The molecule has 48 heavy (non-hydrogen) atoms. The molecule has 4 aromatic carbocycles. The van der Waals surface area contributed by atoms with Crippen molar-refractivity contribution in [2.45, 2.75) is 54.4 Å². The molecule has 4 N–H and O–H groups in total. The first-order valence-corrected chi connectivity index (χ1v) is 16.4. The number of anilines is 4. The minimum absolute atomic E-state index is 0. The predicted molar refractivity (Wildman–Crippen MR) is 196 cm³/mol. The molecule has 4 aromatic rings. The zero-order valence-electron chi connectivity index (χ0n) is 28.3. The fourth-order valence-corrected chi connectivity index (χ4v) is 5.19. The second-order valence-corrected chi connectivity index (χ2v) is 12.3. The molecule has 0 heterocycles. The van der Waals surface area contributed by atoms with Gasteiger partial charge < -0.3 is 31.0 Å². The molecule has 0 radical (unpaired) electrons. The predicted octanol–water partition coefficient (Wildman–Crippen LogP) is 6.25. The van der Waals surface area contributed by atoms with Crippen LogP contribution in [-0.2, 0) is 22.4 Å². The minimum Gasteiger partial charge on any atom is -0.550 e. The summed E-state index contributed by atoms with van der Waals surface area (Å²) in [5.74, 6) is -2.00. The van der Waals surface area contributed by atoms with Gasteiger partial charge in [0.1, 0.15) is 0 Å². The average molecular weight is 744 g/mol. The Morgan fingerprint density at radius 2 is 1.02 bits per heavy atom. The van der Waals surface area contributed by atoms with E-state index in [4.69, 9.17) is 51.5 Å². The van der Waals surface area contributed by atoms with E-state index < -0.39 is 11.9 Å². The third-order valence-corrected chi connectivity index (χ3v) is 8.67. The first kappa shape index (κ1) is 43.6. The summed E-state index contributed by atoms with van der Waals surface area (Å²) in [6, 6.07) is 18.2. The molecular weight excluding hydrogens is 703 g/mol. The summed E-state index contributed by atoms with van der Waals surface area (Å²) in [6.45, 7) is 13.9. The Hall–Kier alpha value is -2.46. The van der Waals surface area contributed by atoms with E-state index in [2.05, 4.69) is 29.8 Å². The number of carboxylic acids is 2. The first-order chi connectivity index (χ1) is 22.2. The van der Waals surface area contributed by atoms with Crippen LogP contribution in [0.4, 0.5) is 22.7 Å². The number of hydrogen-bond donors (Lipinski definition) is 4. The summed E-state index contributed by atoms with van der Waals surface area (Å²) in [4.78, 5) is 21.8. The van der Waals surface area contributed by atoms with Gasteiger partial charge in [-0.25, -0.2) is 0 Å². The topological polar surface area (TPSA) is 114 Å². The molecule has 0 unspecified atom stereocenters. The largest absolute Gasteiger partial charge is 1.00 e. The number of aryl methyl sites for hydroxylation is 2. The molecule has 0 saturated carbocycles. The van der Waals surface area contributed by atoms with Crippen LogP contribution in [0.3, 0.4) is 0 Å². The molecule has 4 rings (SSSR count). The van der Waals surface area contributed by atoms with Crippen molar-refractivity contribution in [2.24, 2.45) is 0 Å². The monoisotopic (exact) mass is 741 g/mol. The number of halogens is 4. The molecule has 0 saturated heterocycles. The molecule has 7 nitrogen and oxygen atoms in total. The molecule has 0 aromatic heterocycles. The molecule has 0 bridgehead atoms. The van der Waals surface area contributed by atoms with Gasteiger partial charge in [-0.2, -0.15) is 0 Å². The molecule has 0 fully saturated rings. The summed E-state index contributed by atoms with van der Waals surface area (Å²) in [7, 11) is 0. The maximum absolute atomic E-state index is 11.0. The van der Waals surface area contributed by atoms with Crippen molar-refractivity contribution in [1.82, 2.24) is 5.32 Å². The van der Waals surface area contributed by atoms with E-state index in [0.29, 0.717) is 48.3 Å². The van der Waals surface area contributed by atoms with E-state index in [1.54, 1.807) is 24.3 Å². The standard InChI is InChI=1S/2C16H15Cl2NO2.C4H11N.Na/c2*1-9-3-5-13(11(7-9)8-15(20)21)19-14-6-4-12(17)10(2)16(14)18;1-3-5-4-2;/h2*3-7,19H,8H2,1-2H3,(H,20,21);5H,3-4H2,1-2H3;/q;;;+1/p-1. The van der Waals surface area contributed by atoms with Crippen LogP contribution in [0.1, 0.15) is 47.2 Å². The van der Waals surface area contributed by atoms with Crippen LogP contribution in [0, 0.1) is 27.7 Å². The molecule has 0 spiro atoms. The van der Waals surface area contributed by atoms with Crippen molar-refractivity contribution in [3.63, 3.8) is 0 Å². The van der Waals surface area contributed by atoms with E-state index in [1.807, 2.05) is 64.1 Å². The maximum Gasteiger partial charge on any atom is 1.00 e. The van der Waals surface area contributed by atoms with Crippen LogP contribution in [0.25, 0.3) is 0 Å². The Labute approximate surface area is 325 Å². The van der Waals surface area contributed by atoms with Gasteiger partial charge in [0.25, 0.3) is 0 Å². The van der Waals surface area contributed by atoms with Gasteiger partial charge in [0.15, 0.2) is 0 Å². The van der Waals surface area contributed by atoms with Gasteiger partial charge in [0, 0.05) is 33.8 Å². The zero-order valence-corrected chi connectivity index (χ0v) is 33.3. The fourth-order valence-electron chi connectivity index (χ4n) is 4.36. The molecule has 0 amide bonds. The van der Waals surface area contributed by atoms with Gasteiger partial charge in [0.2, 0.25) is 0 Å². The number of benzene rings is 4. The Morgan fingerprint density at radius 1 is 0.646 bits per heavy atom. The average Bonchev–Trinajstić information content (AvgIpc) is 3.00. The fraction of sp³-hybridized carbons (Fsp3) is 0.278. The number of aliphatic carboxylic acids is 2. The van der Waals surface area contributed by atoms with Gasteiger partial charge in [0.05, 0.1) is 27.8 Å². The maximum atomic E-state index is 11.0. The molecule has 0 aliphatic heterocycles. The quantitative estimate of drug-likeness (QED) is 0.142. The molecule has 12 heteroatoms. The van der Waals surface area contributed by atoms with Crippen LogP contribution in [-0.4, -0.2) is 30.1 Å². The number of nitrogens with one attached hydrogen (secondary N) is 3. The number of carboxylic acid groups (broad SMARTS) is 2. The summed E-state index contributed by atoms with van der Waals surface area (Å²) >= 11 is 24.6. The van der Waals surface area contributed by atoms with E-state index in [0.717, 1.165) is 41.0 Å². The van der Waals surface area contributed by atoms with Crippen LogP contribution < -0.4 is 50.6 Å². The Balaban J connectivity index is 0.000000413. The molecule has 0 atom stereocenters. The van der Waals surface area contributed by atoms with Crippen molar-refractivity contribution in [3.8, 4) is 0 Å². The Morgan fingerprint density at radius 3 is 1.35 bits per heavy atom. The second-order valence-electron chi connectivity index (χ2n) is 10.7. The van der Waals surface area contributed by atoms with E-state index in [1.165, 1.54) is 0 Å². The van der Waals surface area contributed by atoms with E-state index >= 15 is 0 Å². The van der Waals surface area contributed by atoms with Crippen molar-refractivity contribution in [1.29, 1.82) is 0 Å². The SMILES string of the molecule is CCNCC.Cc1ccc(Nc2ccc(Cl)c(C)c2Cl)c(CC(=O)O)c1.Cc1ccc(Nc2ccc(Cl)c(C)c2Cl)c(CC(=O)[O-])c1.[Na+]. The molecular formula is C36H40Cl4N3NaO4. The van der Waals surface area contributed by atoms with Crippen molar-refractivity contribution < 1.29 is 49.4 Å². The van der Waals surface area contributed by atoms with Crippen LogP contribution in [0.5, 0.6) is 0 Å². The van der Waals surface area contributed by atoms with Gasteiger partial charge in [-0.3, -0.25) is 4.79 Å². The number of rotatable bonds is 10. The van der Waals surface area contributed by atoms with Gasteiger partial charge >= 0.3 is 35.5 Å². The normalized spacial score (nSPS) is 10.0. The Bertz CT molecular complexity index is 1580. The van der Waals surface area contributed by atoms with Crippen molar-refractivity contribution in [2.75, 3.05) is 23.7 Å². The van der Waals surface area contributed by atoms with Crippen molar-refractivity contribution >= 4 is 81.1 Å². The number of hydrogen-bond acceptors (Lipinski definition) is 6. The summed E-state index contributed by atoms with van der Waals surface area (Å²) in [6.07, 6.45) is -0.206. The second kappa shape index (κ2) is 21.6. The first-order valence-electron chi connectivity index (χ1n) is 14.9. The third-order valence-electron chi connectivity index (χ3n) is 6.88. The molecule has 252 valence electrons. The number of carbonyl (C=O) groups excluding carboxylic acids is 1. The Kier molecular flexibility index (Phi) is 19.6. The van der Waals surface area contributed by atoms with Crippen LogP contribution in [0.2, 0.25) is 20.1 Å². The minimum atomic E-state index is -1.12. The number of carbonyl (C=O) groups is 2. The van der Waals surface area contributed by atoms with Gasteiger partial charge in [-0.15, -0.1) is 0 Å². The zero-order chi connectivity index (χ0) is 35.3. The summed E-state index contributed by atoms with van der Waals surface area (Å²) in [5, 5.41) is 31.6. The molecule has 0 aliphatic rings. The summed E-state index contributed by atoms with van der Waals surface area (Å²) in [5.41, 5.74) is 7.72. The van der Waals surface area contributed by atoms with Crippen molar-refractivity contribution in [3.05, 3.63) is 114 Å². The third kappa shape index (κ3) is 13.8. The van der Waals surface area contributed by atoms with Crippen LogP contribution in [0.15, 0.2) is 60.7 Å². The van der Waals surface area contributed by atoms with Gasteiger partial charge in [-0.05, 0) is 99.4 Å². The molecule has 0 aliphatic carbocycles. The van der Waals surface area contributed by atoms with Gasteiger partial charge in [-0.1, -0.05) is 95.6 Å². The van der Waals surface area contributed by atoms with Crippen LogP contribution >= 0.6 is 46.4 Å². The summed E-state index contributed by atoms with van der Waals surface area (Å²) < 4.78 is 0.